The molecule has 3 aromatic rings. The normalized spacial score (nSPS) is 10.7. The fourth-order valence-electron chi connectivity index (χ4n) is 2.08. The van der Waals surface area contributed by atoms with E-state index in [0.29, 0.717) is 29.5 Å². The number of benzene rings is 1. The Balaban J connectivity index is 1.96. The summed E-state index contributed by atoms with van der Waals surface area (Å²) in [6.45, 7) is 2.06. The van der Waals surface area contributed by atoms with Gasteiger partial charge in [-0.25, -0.2) is 9.78 Å². The number of nitrogens with zero attached hydrogens (tertiary/aromatic N) is 3. The van der Waals surface area contributed by atoms with Crippen LogP contribution >= 0.6 is 0 Å². The smallest absolute Gasteiger partial charge is 0.337 e. The van der Waals surface area contributed by atoms with Gasteiger partial charge in [-0.2, -0.15) is 4.98 Å². The standard InChI is InChI=1S/C14H12N4O3/c1-8-17-12(21-18-8)7-16-13-10-5-3-2-4-9(10)11(6-15-13)14(19)20/h2-6H,7H2,1H3,(H,15,16)(H,19,20). The molecule has 1 aromatic carbocycles. The Morgan fingerprint density at radius 2 is 2.10 bits per heavy atom. The molecule has 0 unspecified atom stereocenters. The van der Waals surface area contributed by atoms with E-state index in [1.807, 2.05) is 12.1 Å². The third-order valence-corrected chi connectivity index (χ3v) is 3.00. The van der Waals surface area contributed by atoms with Gasteiger partial charge in [-0.3, -0.25) is 0 Å². The van der Waals surface area contributed by atoms with Crippen LogP contribution in [0.3, 0.4) is 0 Å². The molecule has 0 bridgehead atoms. The lowest BCUT2D eigenvalue weighted by atomic mass is 10.1. The molecule has 0 spiro atoms. The highest BCUT2D eigenvalue weighted by atomic mass is 16.5. The van der Waals surface area contributed by atoms with E-state index in [2.05, 4.69) is 20.4 Å². The zero-order valence-electron chi connectivity index (χ0n) is 11.2. The van der Waals surface area contributed by atoms with Crippen molar-refractivity contribution < 1.29 is 14.4 Å². The maximum absolute atomic E-state index is 11.2. The third kappa shape index (κ3) is 2.53. The highest BCUT2D eigenvalue weighted by molar-refractivity contribution is 6.06. The summed E-state index contributed by atoms with van der Waals surface area (Å²) in [4.78, 5) is 19.5. The zero-order valence-corrected chi connectivity index (χ0v) is 11.2. The average Bonchev–Trinajstić information content (AvgIpc) is 2.90. The van der Waals surface area contributed by atoms with Crippen LogP contribution in [0.4, 0.5) is 5.82 Å². The number of aryl methyl sites for hydroxylation is 1. The van der Waals surface area contributed by atoms with Crippen LogP contribution in [0.5, 0.6) is 0 Å². The number of carboxylic acids is 1. The number of aromatic carboxylic acids is 1. The summed E-state index contributed by atoms with van der Waals surface area (Å²) >= 11 is 0. The summed E-state index contributed by atoms with van der Waals surface area (Å²) < 4.78 is 5.01. The molecule has 0 atom stereocenters. The second-order valence-corrected chi connectivity index (χ2v) is 4.46. The fourth-order valence-corrected chi connectivity index (χ4v) is 2.08. The molecule has 0 saturated heterocycles. The number of rotatable bonds is 4. The highest BCUT2D eigenvalue weighted by Crippen LogP contribution is 2.24. The van der Waals surface area contributed by atoms with Crippen molar-refractivity contribution in [2.75, 3.05) is 5.32 Å². The molecule has 0 aliphatic rings. The van der Waals surface area contributed by atoms with Crippen molar-refractivity contribution >= 4 is 22.6 Å². The number of pyridine rings is 1. The van der Waals surface area contributed by atoms with Crippen molar-refractivity contribution in [2.24, 2.45) is 0 Å². The molecule has 0 aliphatic heterocycles. The van der Waals surface area contributed by atoms with Gasteiger partial charge in [0, 0.05) is 17.0 Å². The van der Waals surface area contributed by atoms with Crippen LogP contribution < -0.4 is 5.32 Å². The molecule has 21 heavy (non-hydrogen) atoms. The molecule has 7 nitrogen and oxygen atoms in total. The average molecular weight is 284 g/mol. The van der Waals surface area contributed by atoms with Gasteiger partial charge in [-0.15, -0.1) is 0 Å². The van der Waals surface area contributed by atoms with E-state index in [9.17, 15) is 9.90 Å². The summed E-state index contributed by atoms with van der Waals surface area (Å²) in [7, 11) is 0. The van der Waals surface area contributed by atoms with Crippen LogP contribution in [-0.2, 0) is 6.54 Å². The molecule has 0 fully saturated rings. The molecule has 2 heterocycles. The van der Waals surface area contributed by atoms with Crippen LogP contribution in [0.2, 0.25) is 0 Å². The molecule has 0 aliphatic carbocycles. The van der Waals surface area contributed by atoms with Crippen molar-refractivity contribution in [3.63, 3.8) is 0 Å². The summed E-state index contributed by atoms with van der Waals surface area (Å²) in [5, 5.41) is 17.3. The van der Waals surface area contributed by atoms with Gasteiger partial charge in [0.2, 0.25) is 5.89 Å². The minimum absolute atomic E-state index is 0.171. The van der Waals surface area contributed by atoms with Crippen molar-refractivity contribution in [1.82, 2.24) is 15.1 Å². The fraction of sp³-hybridized carbons (Fsp3) is 0.143. The first kappa shape index (κ1) is 13.0. The predicted octanol–water partition coefficient (Wildman–Crippen LogP) is 2.24. The molecule has 0 saturated carbocycles. The van der Waals surface area contributed by atoms with E-state index >= 15 is 0 Å². The number of hydrogen-bond donors (Lipinski definition) is 2. The lowest BCUT2D eigenvalue weighted by Gasteiger charge is -2.08. The number of nitrogens with one attached hydrogen (secondary N) is 1. The Labute approximate surface area is 119 Å². The molecule has 106 valence electrons. The lowest BCUT2D eigenvalue weighted by Crippen LogP contribution is -2.05. The number of anilines is 1. The lowest BCUT2D eigenvalue weighted by molar-refractivity contribution is 0.0698. The number of aromatic nitrogens is 3. The minimum atomic E-state index is -1.00. The predicted molar refractivity (Wildman–Crippen MR) is 75.1 cm³/mol. The van der Waals surface area contributed by atoms with Gasteiger partial charge in [0.25, 0.3) is 0 Å². The maximum Gasteiger partial charge on any atom is 0.337 e. The summed E-state index contributed by atoms with van der Waals surface area (Å²) in [5.74, 6) is 0.579. The van der Waals surface area contributed by atoms with Gasteiger partial charge in [0.1, 0.15) is 5.82 Å². The van der Waals surface area contributed by atoms with E-state index in [4.69, 9.17) is 4.52 Å². The molecular formula is C14H12N4O3. The first-order chi connectivity index (χ1) is 10.1. The molecule has 7 heteroatoms. The molecule has 2 aromatic heterocycles. The van der Waals surface area contributed by atoms with Crippen LogP contribution in [0.1, 0.15) is 22.1 Å². The Morgan fingerprint density at radius 1 is 1.33 bits per heavy atom. The highest BCUT2D eigenvalue weighted by Gasteiger charge is 2.12. The van der Waals surface area contributed by atoms with Gasteiger partial charge < -0.3 is 14.9 Å². The molecular weight excluding hydrogens is 272 g/mol. The van der Waals surface area contributed by atoms with Crippen LogP contribution in [-0.4, -0.2) is 26.2 Å². The van der Waals surface area contributed by atoms with Gasteiger partial charge in [-0.1, -0.05) is 29.4 Å². The Kier molecular flexibility index (Phi) is 3.23. The first-order valence-electron chi connectivity index (χ1n) is 6.29. The largest absolute Gasteiger partial charge is 0.478 e. The summed E-state index contributed by atoms with van der Waals surface area (Å²) in [6, 6.07) is 7.19. The van der Waals surface area contributed by atoms with Crippen LogP contribution in [0.25, 0.3) is 10.8 Å². The molecule has 0 amide bonds. The second kappa shape index (κ2) is 5.20. The summed E-state index contributed by atoms with van der Waals surface area (Å²) in [5.41, 5.74) is 0.171. The van der Waals surface area contributed by atoms with Crippen LogP contribution in [0.15, 0.2) is 35.0 Å². The number of carboxylic acid groups (broad SMARTS) is 1. The van der Waals surface area contributed by atoms with Crippen molar-refractivity contribution in [1.29, 1.82) is 0 Å². The van der Waals surface area contributed by atoms with Crippen LogP contribution in [0, 0.1) is 6.92 Å². The van der Waals surface area contributed by atoms with E-state index < -0.39 is 5.97 Å². The maximum atomic E-state index is 11.2. The Bertz CT molecular complexity index is 813. The minimum Gasteiger partial charge on any atom is -0.478 e. The quantitative estimate of drug-likeness (QED) is 0.757. The zero-order chi connectivity index (χ0) is 14.8. The van der Waals surface area contributed by atoms with Gasteiger partial charge in [0.05, 0.1) is 12.1 Å². The summed E-state index contributed by atoms with van der Waals surface area (Å²) in [6.07, 6.45) is 1.34. The molecule has 0 radical (unpaired) electrons. The van der Waals surface area contributed by atoms with Gasteiger partial charge in [0.15, 0.2) is 5.82 Å². The van der Waals surface area contributed by atoms with Gasteiger partial charge in [-0.05, 0) is 6.92 Å². The van der Waals surface area contributed by atoms with Crippen molar-refractivity contribution in [3.05, 3.63) is 47.7 Å². The Hall–Kier alpha value is -2.96. The van der Waals surface area contributed by atoms with Crippen molar-refractivity contribution in [3.8, 4) is 0 Å². The third-order valence-electron chi connectivity index (χ3n) is 3.00. The topological polar surface area (TPSA) is 101 Å². The number of hydrogen-bond acceptors (Lipinski definition) is 6. The molecule has 2 N–H and O–H groups in total. The number of fused-ring (bicyclic) bond motifs is 1. The molecule has 3 rings (SSSR count). The van der Waals surface area contributed by atoms with E-state index in [0.717, 1.165) is 5.39 Å². The monoisotopic (exact) mass is 284 g/mol. The van der Waals surface area contributed by atoms with E-state index in [1.54, 1.807) is 19.1 Å². The second-order valence-electron chi connectivity index (χ2n) is 4.46. The van der Waals surface area contributed by atoms with E-state index in [-0.39, 0.29) is 5.56 Å². The van der Waals surface area contributed by atoms with Crippen molar-refractivity contribution in [2.45, 2.75) is 13.5 Å². The Morgan fingerprint density at radius 3 is 2.76 bits per heavy atom. The van der Waals surface area contributed by atoms with Gasteiger partial charge >= 0.3 is 5.97 Å². The first-order valence-corrected chi connectivity index (χ1v) is 6.29. The van der Waals surface area contributed by atoms with E-state index in [1.165, 1.54) is 6.20 Å². The SMILES string of the molecule is Cc1noc(CNc2ncc(C(=O)O)c3ccccc23)n1. The number of carbonyl (C=O) groups is 1.